The zero-order valence-corrected chi connectivity index (χ0v) is 13.7. The molecule has 0 unspecified atom stereocenters. The van der Waals surface area contributed by atoms with Gasteiger partial charge in [0.25, 0.3) is 0 Å². The highest BCUT2D eigenvalue weighted by molar-refractivity contribution is 5.95. The van der Waals surface area contributed by atoms with Crippen molar-refractivity contribution in [2.45, 2.75) is 0 Å². The van der Waals surface area contributed by atoms with Crippen LogP contribution in [-0.2, 0) is 0 Å². The molecular formula is C19H18N6. The highest BCUT2D eigenvalue weighted by Gasteiger charge is 2.05. The second-order valence-electron chi connectivity index (χ2n) is 5.48. The monoisotopic (exact) mass is 330 g/mol. The number of pyridine rings is 2. The molecule has 0 bridgehead atoms. The molecule has 2 aromatic heterocycles. The van der Waals surface area contributed by atoms with Crippen LogP contribution in [0, 0.1) is 10.8 Å². The summed E-state index contributed by atoms with van der Waals surface area (Å²) in [4.78, 5) is 8.79. The number of rotatable bonds is 4. The van der Waals surface area contributed by atoms with Crippen molar-refractivity contribution in [2.24, 2.45) is 5.73 Å². The van der Waals surface area contributed by atoms with Gasteiger partial charge in [-0.2, -0.15) is 0 Å². The largest absolute Gasteiger partial charge is 0.384 e. The van der Waals surface area contributed by atoms with E-state index in [2.05, 4.69) is 15.3 Å². The summed E-state index contributed by atoms with van der Waals surface area (Å²) in [6, 6.07) is 15.1. The number of nitrogens with two attached hydrogens (primary N) is 1. The maximum atomic E-state index is 7.71. The van der Waals surface area contributed by atoms with Crippen molar-refractivity contribution in [1.82, 2.24) is 15.3 Å². The molecule has 0 atom stereocenters. The molecule has 6 heteroatoms. The van der Waals surface area contributed by atoms with Crippen LogP contribution < -0.4 is 11.1 Å². The van der Waals surface area contributed by atoms with Gasteiger partial charge in [0.1, 0.15) is 17.4 Å². The number of nitrogens with zero attached hydrogens (tertiary/aromatic N) is 2. The Labute approximate surface area is 145 Å². The first-order valence-electron chi connectivity index (χ1n) is 7.72. The van der Waals surface area contributed by atoms with E-state index in [1.54, 1.807) is 19.4 Å². The number of nitrogens with one attached hydrogen (secondary N) is 3. The van der Waals surface area contributed by atoms with Crippen molar-refractivity contribution in [3.05, 3.63) is 72.2 Å². The molecule has 0 radical (unpaired) electrons. The minimum absolute atomic E-state index is 0.0529. The average Bonchev–Trinajstić information content (AvgIpc) is 2.67. The first kappa shape index (κ1) is 16.3. The fourth-order valence-corrected chi connectivity index (χ4v) is 2.40. The van der Waals surface area contributed by atoms with Crippen molar-refractivity contribution in [1.29, 1.82) is 10.8 Å². The lowest BCUT2D eigenvalue weighted by atomic mass is 10.1. The highest BCUT2D eigenvalue weighted by atomic mass is 14.9. The van der Waals surface area contributed by atoms with Crippen LogP contribution in [0.5, 0.6) is 0 Å². The van der Waals surface area contributed by atoms with Crippen LogP contribution in [0.1, 0.15) is 11.3 Å². The molecule has 124 valence electrons. The van der Waals surface area contributed by atoms with Crippen LogP contribution in [0.4, 0.5) is 0 Å². The molecule has 25 heavy (non-hydrogen) atoms. The van der Waals surface area contributed by atoms with Crippen LogP contribution in [0.2, 0.25) is 0 Å². The van der Waals surface area contributed by atoms with Crippen molar-refractivity contribution in [3.63, 3.8) is 0 Å². The van der Waals surface area contributed by atoms with E-state index in [0.29, 0.717) is 11.3 Å². The topological polar surface area (TPSA) is 112 Å². The Balaban J connectivity index is 1.82. The second kappa shape index (κ2) is 6.92. The van der Waals surface area contributed by atoms with E-state index in [9.17, 15) is 0 Å². The quantitative estimate of drug-likeness (QED) is 0.435. The van der Waals surface area contributed by atoms with Crippen molar-refractivity contribution in [3.8, 4) is 22.4 Å². The smallest absolute Gasteiger partial charge is 0.144 e. The Bertz CT molecular complexity index is 896. The third kappa shape index (κ3) is 3.53. The molecule has 6 nitrogen and oxygen atoms in total. The number of aromatic nitrogens is 2. The van der Waals surface area contributed by atoms with E-state index < -0.39 is 0 Å². The van der Waals surface area contributed by atoms with E-state index in [1.807, 2.05) is 48.5 Å². The van der Waals surface area contributed by atoms with E-state index in [0.717, 1.165) is 22.4 Å². The van der Waals surface area contributed by atoms with E-state index in [-0.39, 0.29) is 11.7 Å². The van der Waals surface area contributed by atoms with Gasteiger partial charge in [0.05, 0.1) is 5.69 Å². The first-order chi connectivity index (χ1) is 12.1. The van der Waals surface area contributed by atoms with E-state index in [1.165, 1.54) is 0 Å². The van der Waals surface area contributed by atoms with E-state index >= 15 is 0 Å². The molecule has 0 aliphatic carbocycles. The molecule has 0 saturated carbocycles. The van der Waals surface area contributed by atoms with Gasteiger partial charge < -0.3 is 11.1 Å². The fourth-order valence-electron chi connectivity index (χ4n) is 2.40. The Morgan fingerprint density at radius 1 is 0.840 bits per heavy atom. The van der Waals surface area contributed by atoms with Gasteiger partial charge in [-0.25, -0.2) is 0 Å². The Morgan fingerprint density at radius 3 is 1.92 bits per heavy atom. The number of hydrogen-bond acceptors (Lipinski definition) is 4. The molecule has 0 aliphatic rings. The standard InChI is InChI=1S/C19H18N6/c1-23-19(22)17-9-7-15(11-25-17)14-6-8-16(24-10-14)12-2-4-13(5-3-12)18(20)21/h2-11H,1H3,(H3,20,21)(H2,22,23). The predicted molar refractivity (Wildman–Crippen MR) is 99.8 cm³/mol. The molecule has 2 heterocycles. The molecule has 5 N–H and O–H groups in total. The van der Waals surface area contributed by atoms with Crippen LogP contribution >= 0.6 is 0 Å². The number of benzene rings is 1. The van der Waals surface area contributed by atoms with Gasteiger partial charge in [0.2, 0.25) is 0 Å². The van der Waals surface area contributed by atoms with E-state index in [4.69, 9.17) is 16.6 Å². The lowest BCUT2D eigenvalue weighted by Crippen LogP contribution is -2.18. The molecular weight excluding hydrogens is 312 g/mol. The Kier molecular flexibility index (Phi) is 4.52. The maximum absolute atomic E-state index is 7.71. The molecule has 0 amide bonds. The summed E-state index contributed by atoms with van der Waals surface area (Å²) >= 11 is 0. The van der Waals surface area contributed by atoms with Crippen molar-refractivity contribution >= 4 is 11.7 Å². The molecule has 1 aromatic carbocycles. The summed E-state index contributed by atoms with van der Waals surface area (Å²) in [7, 11) is 1.70. The average molecular weight is 330 g/mol. The third-order valence-electron chi connectivity index (χ3n) is 3.86. The number of hydrogen-bond donors (Lipinski definition) is 4. The van der Waals surface area contributed by atoms with Gasteiger partial charge in [-0.3, -0.25) is 20.8 Å². The summed E-state index contributed by atoms with van der Waals surface area (Å²) in [6.45, 7) is 0. The number of nitrogen functional groups attached to an aromatic ring is 1. The van der Waals surface area contributed by atoms with Crippen LogP contribution in [0.3, 0.4) is 0 Å². The normalized spacial score (nSPS) is 10.3. The summed E-state index contributed by atoms with van der Waals surface area (Å²) in [5.41, 5.74) is 10.5. The van der Waals surface area contributed by atoms with Gasteiger partial charge >= 0.3 is 0 Å². The van der Waals surface area contributed by atoms with Gasteiger partial charge in [0.15, 0.2) is 0 Å². The lowest BCUT2D eigenvalue weighted by Gasteiger charge is -2.06. The maximum Gasteiger partial charge on any atom is 0.144 e. The summed E-state index contributed by atoms with van der Waals surface area (Å²) in [6.07, 6.45) is 3.54. The van der Waals surface area contributed by atoms with Crippen LogP contribution in [-0.4, -0.2) is 28.7 Å². The molecule has 0 saturated heterocycles. The predicted octanol–water partition coefficient (Wildman–Crippen LogP) is 2.64. The summed E-state index contributed by atoms with van der Waals surface area (Å²) in [5.74, 6) is 0.339. The van der Waals surface area contributed by atoms with Gasteiger partial charge in [-0.1, -0.05) is 36.4 Å². The summed E-state index contributed by atoms with van der Waals surface area (Å²) in [5, 5.41) is 17.9. The number of amidine groups is 2. The Morgan fingerprint density at radius 2 is 1.44 bits per heavy atom. The molecule has 0 fully saturated rings. The summed E-state index contributed by atoms with van der Waals surface area (Å²) < 4.78 is 0. The van der Waals surface area contributed by atoms with Crippen molar-refractivity contribution in [2.75, 3.05) is 7.05 Å². The second-order valence-corrected chi connectivity index (χ2v) is 5.48. The van der Waals surface area contributed by atoms with Crippen molar-refractivity contribution < 1.29 is 0 Å². The zero-order valence-electron chi connectivity index (χ0n) is 13.7. The van der Waals surface area contributed by atoms with Crippen LogP contribution in [0.15, 0.2) is 60.9 Å². The SMILES string of the molecule is CNC(=N)c1ccc(-c2ccc(-c3ccc(C(=N)N)cc3)nc2)cn1. The first-order valence-corrected chi connectivity index (χ1v) is 7.72. The Hall–Kier alpha value is -3.54. The third-order valence-corrected chi connectivity index (χ3v) is 3.86. The molecule has 3 aromatic rings. The van der Waals surface area contributed by atoms with Gasteiger partial charge in [-0.15, -0.1) is 0 Å². The molecule has 0 spiro atoms. The lowest BCUT2D eigenvalue weighted by molar-refractivity contribution is 1.11. The zero-order chi connectivity index (χ0) is 17.8. The minimum atomic E-state index is 0.0529. The minimum Gasteiger partial charge on any atom is -0.384 e. The molecule has 0 aliphatic heterocycles. The fraction of sp³-hybridized carbons (Fsp3) is 0.0526. The van der Waals surface area contributed by atoms with Gasteiger partial charge in [-0.05, 0) is 12.1 Å². The van der Waals surface area contributed by atoms with Crippen LogP contribution in [0.25, 0.3) is 22.4 Å². The highest BCUT2D eigenvalue weighted by Crippen LogP contribution is 2.22. The molecule has 3 rings (SSSR count). The van der Waals surface area contributed by atoms with Gasteiger partial charge in [0, 0.05) is 41.7 Å².